The molecule has 0 bridgehead atoms. The minimum absolute atomic E-state index is 0.230. The number of rotatable bonds is 4. The van der Waals surface area contributed by atoms with E-state index in [0.29, 0.717) is 26.1 Å². The van der Waals surface area contributed by atoms with E-state index >= 15 is 0 Å². The largest absolute Gasteiger partial charge is 0.389 e. The molecule has 2 N–H and O–H groups in total. The van der Waals surface area contributed by atoms with E-state index < -0.39 is 22.8 Å². The number of benzene rings is 1. The van der Waals surface area contributed by atoms with E-state index in [4.69, 9.17) is 0 Å². The Hall–Kier alpha value is -1.04. The predicted molar refractivity (Wildman–Crippen MR) is 76.8 cm³/mol. The number of β-amino-alcohol motifs (C(OH)–C–C–N with tert-alkyl or cyclic N) is 1. The molecule has 1 aromatic carbocycles. The molecule has 0 radical (unpaired) electrons. The Morgan fingerprint density at radius 1 is 1.24 bits per heavy atom. The number of hydrogen-bond acceptors (Lipinski definition) is 3. The number of hydrogen-bond donors (Lipinski definition) is 2. The molecule has 1 aromatic rings. The third-order valence-corrected chi connectivity index (χ3v) is 4.44. The monoisotopic (exact) mass is 299 g/mol. The van der Waals surface area contributed by atoms with Crippen molar-refractivity contribution >= 4 is 0 Å². The van der Waals surface area contributed by atoms with Crippen molar-refractivity contribution in [1.82, 2.24) is 4.90 Å². The van der Waals surface area contributed by atoms with Crippen LogP contribution < -0.4 is 0 Å². The van der Waals surface area contributed by atoms with Crippen molar-refractivity contribution in [3.8, 4) is 0 Å². The lowest BCUT2D eigenvalue weighted by Gasteiger charge is -2.41. The number of likely N-dealkylation sites (tertiary alicyclic amines) is 1. The van der Waals surface area contributed by atoms with E-state index in [2.05, 4.69) is 0 Å². The van der Waals surface area contributed by atoms with Crippen LogP contribution in [0.5, 0.6) is 0 Å². The maximum absolute atomic E-state index is 13.8. The van der Waals surface area contributed by atoms with Crippen molar-refractivity contribution in [3.63, 3.8) is 0 Å². The second-order valence-electron chi connectivity index (χ2n) is 6.25. The first-order valence-electron chi connectivity index (χ1n) is 7.39. The van der Waals surface area contributed by atoms with Gasteiger partial charge in [-0.05, 0) is 38.3 Å². The van der Waals surface area contributed by atoms with Crippen molar-refractivity contribution in [2.45, 2.75) is 44.3 Å². The van der Waals surface area contributed by atoms with Gasteiger partial charge in [0.1, 0.15) is 11.6 Å². The van der Waals surface area contributed by atoms with Gasteiger partial charge in [0, 0.05) is 19.6 Å². The summed E-state index contributed by atoms with van der Waals surface area (Å²) in [6, 6.07) is 3.64. The SMILES string of the molecule is CC[C@@](C)(O)CN1CCC(O)(c2c(F)cccc2F)CC1. The summed E-state index contributed by atoms with van der Waals surface area (Å²) in [6.45, 7) is 5.18. The summed E-state index contributed by atoms with van der Waals surface area (Å²) in [5, 5.41) is 20.7. The molecule has 1 saturated heterocycles. The van der Waals surface area contributed by atoms with Gasteiger partial charge < -0.3 is 15.1 Å². The molecule has 1 aliphatic heterocycles. The lowest BCUT2D eigenvalue weighted by atomic mass is 9.83. The van der Waals surface area contributed by atoms with E-state index in [0.717, 1.165) is 0 Å². The molecule has 0 saturated carbocycles. The maximum Gasteiger partial charge on any atom is 0.132 e. The van der Waals surface area contributed by atoms with Gasteiger partial charge in [-0.1, -0.05) is 13.0 Å². The smallest absolute Gasteiger partial charge is 0.132 e. The molecule has 5 heteroatoms. The van der Waals surface area contributed by atoms with Gasteiger partial charge in [0.15, 0.2) is 0 Å². The number of aliphatic hydroxyl groups is 2. The van der Waals surface area contributed by atoms with Gasteiger partial charge in [0.2, 0.25) is 0 Å². The van der Waals surface area contributed by atoms with E-state index in [1.807, 2.05) is 11.8 Å². The molecule has 21 heavy (non-hydrogen) atoms. The number of piperidine rings is 1. The summed E-state index contributed by atoms with van der Waals surface area (Å²) in [4.78, 5) is 2.02. The molecule has 118 valence electrons. The van der Waals surface area contributed by atoms with E-state index in [-0.39, 0.29) is 18.4 Å². The second kappa shape index (κ2) is 5.99. The minimum atomic E-state index is -1.47. The van der Waals surface area contributed by atoms with Crippen LogP contribution in [0.1, 0.15) is 38.7 Å². The van der Waals surface area contributed by atoms with Crippen molar-refractivity contribution in [3.05, 3.63) is 35.4 Å². The van der Waals surface area contributed by atoms with E-state index in [9.17, 15) is 19.0 Å². The fraction of sp³-hybridized carbons (Fsp3) is 0.625. The highest BCUT2D eigenvalue weighted by atomic mass is 19.1. The van der Waals surface area contributed by atoms with Crippen LogP contribution in [-0.2, 0) is 5.60 Å². The molecule has 3 nitrogen and oxygen atoms in total. The molecule has 0 unspecified atom stereocenters. The van der Waals surface area contributed by atoms with Crippen LogP contribution in [0.4, 0.5) is 8.78 Å². The first-order chi connectivity index (χ1) is 9.77. The Morgan fingerprint density at radius 3 is 2.24 bits per heavy atom. The first kappa shape index (κ1) is 16.3. The highest BCUT2D eigenvalue weighted by Crippen LogP contribution is 2.36. The summed E-state index contributed by atoms with van der Waals surface area (Å²) in [5.74, 6) is -1.40. The average molecular weight is 299 g/mol. The predicted octanol–water partition coefficient (Wildman–Crippen LogP) is 2.41. The van der Waals surface area contributed by atoms with Gasteiger partial charge in [0.05, 0.1) is 16.8 Å². The van der Waals surface area contributed by atoms with Gasteiger partial charge in [0.25, 0.3) is 0 Å². The van der Waals surface area contributed by atoms with E-state index in [1.165, 1.54) is 18.2 Å². The Morgan fingerprint density at radius 2 is 1.76 bits per heavy atom. The lowest BCUT2D eigenvalue weighted by Crippen LogP contribution is -2.48. The highest BCUT2D eigenvalue weighted by Gasteiger charge is 2.39. The third-order valence-electron chi connectivity index (χ3n) is 4.44. The van der Waals surface area contributed by atoms with Crippen LogP contribution >= 0.6 is 0 Å². The minimum Gasteiger partial charge on any atom is -0.389 e. The molecule has 1 atom stereocenters. The third kappa shape index (κ3) is 3.59. The molecule has 1 heterocycles. The molecule has 2 rings (SSSR count). The number of nitrogens with zero attached hydrogens (tertiary/aromatic N) is 1. The first-order valence-corrected chi connectivity index (χ1v) is 7.39. The van der Waals surface area contributed by atoms with Crippen molar-refractivity contribution in [2.24, 2.45) is 0 Å². The quantitative estimate of drug-likeness (QED) is 0.897. The standard InChI is InChI=1S/C16H23F2NO2/c1-3-15(2,20)11-19-9-7-16(21,8-10-19)14-12(17)5-4-6-13(14)18/h4-6,20-21H,3,7-11H2,1-2H3/t15-/m1/s1. The molecule has 0 aliphatic carbocycles. The zero-order valence-electron chi connectivity index (χ0n) is 12.6. The van der Waals surface area contributed by atoms with Crippen LogP contribution in [0.2, 0.25) is 0 Å². The van der Waals surface area contributed by atoms with Gasteiger partial charge in [-0.15, -0.1) is 0 Å². The average Bonchev–Trinajstić information content (AvgIpc) is 2.41. The molecular weight excluding hydrogens is 276 g/mol. The van der Waals surface area contributed by atoms with Crippen LogP contribution in [0.15, 0.2) is 18.2 Å². The summed E-state index contributed by atoms with van der Waals surface area (Å²) in [7, 11) is 0. The van der Waals surface area contributed by atoms with Crippen LogP contribution in [0.25, 0.3) is 0 Å². The van der Waals surface area contributed by atoms with Crippen molar-refractivity contribution in [1.29, 1.82) is 0 Å². The Labute approximate surface area is 124 Å². The fourth-order valence-corrected chi connectivity index (χ4v) is 2.87. The molecule has 0 aromatic heterocycles. The van der Waals surface area contributed by atoms with Gasteiger partial charge in [-0.25, -0.2) is 8.78 Å². The van der Waals surface area contributed by atoms with Gasteiger partial charge in [-0.2, -0.15) is 0 Å². The lowest BCUT2D eigenvalue weighted by molar-refractivity contribution is -0.0540. The Kier molecular flexibility index (Phi) is 4.66. The van der Waals surface area contributed by atoms with Crippen molar-refractivity contribution < 1.29 is 19.0 Å². The Bertz CT molecular complexity index is 477. The molecule has 1 aliphatic rings. The molecule has 1 fully saturated rings. The summed E-state index contributed by atoms with van der Waals surface area (Å²) in [5.41, 5.74) is -2.48. The maximum atomic E-state index is 13.8. The zero-order chi connectivity index (χ0) is 15.7. The van der Waals surface area contributed by atoms with Gasteiger partial charge >= 0.3 is 0 Å². The molecule has 0 amide bonds. The van der Waals surface area contributed by atoms with Crippen LogP contribution in [0.3, 0.4) is 0 Å². The van der Waals surface area contributed by atoms with Gasteiger partial charge in [-0.3, -0.25) is 0 Å². The Balaban J connectivity index is 2.09. The fourth-order valence-electron chi connectivity index (χ4n) is 2.87. The highest BCUT2D eigenvalue weighted by molar-refractivity contribution is 5.27. The van der Waals surface area contributed by atoms with Crippen molar-refractivity contribution in [2.75, 3.05) is 19.6 Å². The summed E-state index contributed by atoms with van der Waals surface area (Å²) >= 11 is 0. The zero-order valence-corrected chi connectivity index (χ0v) is 12.6. The van der Waals surface area contributed by atoms with Crippen LogP contribution in [-0.4, -0.2) is 40.3 Å². The normalized spacial score (nSPS) is 22.0. The molecule has 0 spiro atoms. The second-order valence-corrected chi connectivity index (χ2v) is 6.25. The summed E-state index contributed by atoms with van der Waals surface area (Å²) < 4.78 is 27.7. The topological polar surface area (TPSA) is 43.7 Å². The van der Waals surface area contributed by atoms with E-state index in [1.54, 1.807) is 6.92 Å². The van der Waals surface area contributed by atoms with Crippen LogP contribution in [0, 0.1) is 11.6 Å². The summed E-state index contributed by atoms with van der Waals surface area (Å²) in [6.07, 6.45) is 1.14. The number of halogens is 2. The molecular formula is C16H23F2NO2.